The maximum Gasteiger partial charge on any atom is 0.303 e. The van der Waals surface area contributed by atoms with Crippen LogP contribution in [0.25, 0.3) is 0 Å². The van der Waals surface area contributed by atoms with Crippen molar-refractivity contribution in [2.45, 2.75) is 128 Å². The van der Waals surface area contributed by atoms with E-state index in [1.54, 1.807) is 0 Å². The number of unbranched alkanes of at least 4 members (excludes halogenated alkanes) is 10. The van der Waals surface area contributed by atoms with Gasteiger partial charge in [0.1, 0.15) is 5.72 Å². The standard InChI is InChI=1S/C22H43NO4/c1-4-5-6-7-8-9-10-11-12-14-17-22(18-15-13-16-20(24)25)23(26)21(2,3)19-27-22/h26H,4-19H2,1-3H3,(H,24,25). The summed E-state index contributed by atoms with van der Waals surface area (Å²) in [7, 11) is 0. The van der Waals surface area contributed by atoms with Crippen LogP contribution in [-0.4, -0.2) is 39.2 Å². The molecule has 0 bridgehead atoms. The smallest absolute Gasteiger partial charge is 0.303 e. The summed E-state index contributed by atoms with van der Waals surface area (Å²) in [6.45, 7) is 6.75. The zero-order valence-electron chi connectivity index (χ0n) is 18.0. The summed E-state index contributed by atoms with van der Waals surface area (Å²) < 4.78 is 6.09. The fourth-order valence-corrected chi connectivity index (χ4v) is 4.03. The van der Waals surface area contributed by atoms with E-state index >= 15 is 0 Å². The lowest BCUT2D eigenvalue weighted by atomic mass is 9.95. The molecule has 5 heteroatoms. The summed E-state index contributed by atoms with van der Waals surface area (Å²) >= 11 is 0. The summed E-state index contributed by atoms with van der Waals surface area (Å²) in [5, 5.41) is 20.9. The maximum absolute atomic E-state index is 10.7. The van der Waals surface area contributed by atoms with Gasteiger partial charge in [0.25, 0.3) is 0 Å². The number of aliphatic carboxylic acids is 1. The van der Waals surface area contributed by atoms with E-state index in [9.17, 15) is 10.0 Å². The molecule has 1 rings (SSSR count). The molecule has 1 saturated heterocycles. The van der Waals surface area contributed by atoms with Gasteiger partial charge in [0, 0.05) is 6.42 Å². The average Bonchev–Trinajstić information content (AvgIpc) is 2.85. The number of nitrogens with zero attached hydrogens (tertiary/aromatic N) is 1. The third kappa shape index (κ3) is 8.93. The van der Waals surface area contributed by atoms with E-state index in [0.29, 0.717) is 19.4 Å². The summed E-state index contributed by atoms with van der Waals surface area (Å²) in [4.78, 5) is 10.7. The lowest BCUT2D eigenvalue weighted by Gasteiger charge is -2.37. The number of hydrogen-bond donors (Lipinski definition) is 2. The fraction of sp³-hybridized carbons (Fsp3) is 0.955. The van der Waals surface area contributed by atoms with Crippen LogP contribution >= 0.6 is 0 Å². The molecule has 0 aliphatic carbocycles. The normalized spacial score (nSPS) is 22.4. The van der Waals surface area contributed by atoms with E-state index in [2.05, 4.69) is 6.92 Å². The molecule has 27 heavy (non-hydrogen) atoms. The predicted octanol–water partition coefficient (Wildman–Crippen LogP) is 6.14. The Morgan fingerprint density at radius 2 is 1.37 bits per heavy atom. The minimum Gasteiger partial charge on any atom is -0.481 e. The number of carboxylic acids is 1. The van der Waals surface area contributed by atoms with Crippen molar-refractivity contribution in [3.63, 3.8) is 0 Å². The van der Waals surface area contributed by atoms with Gasteiger partial charge in [-0.05, 0) is 46.0 Å². The Hall–Kier alpha value is -0.650. The van der Waals surface area contributed by atoms with Gasteiger partial charge in [-0.3, -0.25) is 4.79 Å². The minimum atomic E-state index is -0.757. The summed E-state index contributed by atoms with van der Waals surface area (Å²) in [5.74, 6) is -0.757. The first-order valence-corrected chi connectivity index (χ1v) is 11.2. The third-order valence-electron chi connectivity index (χ3n) is 5.78. The van der Waals surface area contributed by atoms with Crippen molar-refractivity contribution in [1.29, 1.82) is 0 Å². The molecule has 1 heterocycles. The summed E-state index contributed by atoms with van der Waals surface area (Å²) in [6, 6.07) is 0. The molecular formula is C22H43NO4. The van der Waals surface area contributed by atoms with Crippen LogP contribution in [0, 0.1) is 0 Å². The third-order valence-corrected chi connectivity index (χ3v) is 5.78. The second-order valence-corrected chi connectivity index (χ2v) is 8.89. The van der Waals surface area contributed by atoms with Gasteiger partial charge in [0.15, 0.2) is 0 Å². The van der Waals surface area contributed by atoms with Crippen molar-refractivity contribution in [2.24, 2.45) is 0 Å². The second kappa shape index (κ2) is 12.7. The van der Waals surface area contributed by atoms with Gasteiger partial charge < -0.3 is 15.1 Å². The Morgan fingerprint density at radius 3 is 1.81 bits per heavy atom. The van der Waals surface area contributed by atoms with E-state index in [4.69, 9.17) is 9.84 Å². The SMILES string of the molecule is CCCCCCCCCCCCC1(CCCCC(=O)O)OCC(C)(C)N1O. The zero-order chi connectivity index (χ0) is 20.2. The van der Waals surface area contributed by atoms with E-state index in [1.165, 1.54) is 62.9 Å². The van der Waals surface area contributed by atoms with E-state index < -0.39 is 11.7 Å². The van der Waals surface area contributed by atoms with Crippen LogP contribution in [0.4, 0.5) is 0 Å². The van der Waals surface area contributed by atoms with Gasteiger partial charge in [-0.15, -0.1) is 0 Å². The van der Waals surface area contributed by atoms with Crippen molar-refractivity contribution in [3.05, 3.63) is 0 Å². The summed E-state index contributed by atoms with van der Waals surface area (Å²) in [5.41, 5.74) is -1.02. The number of carbonyl (C=O) groups is 1. The molecule has 1 atom stereocenters. The van der Waals surface area contributed by atoms with Crippen LogP contribution in [0.5, 0.6) is 0 Å². The fourth-order valence-electron chi connectivity index (χ4n) is 4.03. The van der Waals surface area contributed by atoms with Crippen molar-refractivity contribution in [1.82, 2.24) is 5.06 Å². The quantitative estimate of drug-likeness (QED) is 0.312. The molecule has 1 fully saturated rings. The lowest BCUT2D eigenvalue weighted by molar-refractivity contribution is -0.256. The molecule has 1 aliphatic heterocycles. The Kier molecular flexibility index (Phi) is 11.5. The van der Waals surface area contributed by atoms with Gasteiger partial charge >= 0.3 is 5.97 Å². The Labute approximate surface area is 166 Å². The number of carboxylic acid groups (broad SMARTS) is 1. The van der Waals surface area contributed by atoms with Crippen LogP contribution in [-0.2, 0) is 9.53 Å². The van der Waals surface area contributed by atoms with E-state index in [0.717, 1.165) is 19.3 Å². The molecule has 0 aromatic rings. The van der Waals surface area contributed by atoms with Gasteiger partial charge in [0.05, 0.1) is 12.1 Å². The number of hydrogen-bond acceptors (Lipinski definition) is 4. The molecule has 5 nitrogen and oxygen atoms in total. The molecule has 0 aromatic heterocycles. The van der Waals surface area contributed by atoms with Crippen LogP contribution in [0.15, 0.2) is 0 Å². The molecule has 1 unspecified atom stereocenters. The topological polar surface area (TPSA) is 70.0 Å². The van der Waals surface area contributed by atoms with Crippen LogP contribution in [0.3, 0.4) is 0 Å². The molecule has 2 N–H and O–H groups in total. The lowest BCUT2D eigenvalue weighted by Crippen LogP contribution is -2.50. The highest BCUT2D eigenvalue weighted by atomic mass is 16.6. The van der Waals surface area contributed by atoms with Crippen molar-refractivity contribution in [3.8, 4) is 0 Å². The van der Waals surface area contributed by atoms with Gasteiger partial charge in [0.2, 0.25) is 0 Å². The molecule has 0 amide bonds. The Bertz CT molecular complexity index is 413. The number of ether oxygens (including phenoxy) is 1. The largest absolute Gasteiger partial charge is 0.481 e. The molecule has 0 aromatic carbocycles. The highest BCUT2D eigenvalue weighted by molar-refractivity contribution is 5.66. The molecule has 160 valence electrons. The maximum atomic E-state index is 10.7. The van der Waals surface area contributed by atoms with E-state index in [-0.39, 0.29) is 12.0 Å². The zero-order valence-corrected chi connectivity index (χ0v) is 18.0. The van der Waals surface area contributed by atoms with Gasteiger partial charge in [-0.1, -0.05) is 64.7 Å². The van der Waals surface area contributed by atoms with Gasteiger partial charge in [-0.2, -0.15) is 5.06 Å². The molecular weight excluding hydrogens is 342 g/mol. The first-order chi connectivity index (χ1) is 12.8. The van der Waals surface area contributed by atoms with E-state index in [1.807, 2.05) is 13.8 Å². The summed E-state index contributed by atoms with van der Waals surface area (Å²) in [6.07, 6.45) is 15.9. The second-order valence-electron chi connectivity index (χ2n) is 8.89. The monoisotopic (exact) mass is 385 g/mol. The Morgan fingerprint density at radius 1 is 0.889 bits per heavy atom. The first-order valence-electron chi connectivity index (χ1n) is 11.2. The van der Waals surface area contributed by atoms with Crippen LogP contribution in [0.1, 0.15) is 117 Å². The average molecular weight is 386 g/mol. The Balaban J connectivity index is 2.29. The molecule has 1 aliphatic rings. The first kappa shape index (κ1) is 24.4. The predicted molar refractivity (Wildman–Crippen MR) is 109 cm³/mol. The minimum absolute atomic E-state index is 0.184. The van der Waals surface area contributed by atoms with Crippen LogP contribution < -0.4 is 0 Å². The van der Waals surface area contributed by atoms with Crippen LogP contribution in [0.2, 0.25) is 0 Å². The van der Waals surface area contributed by atoms with Crippen molar-refractivity contribution < 1.29 is 19.8 Å². The van der Waals surface area contributed by atoms with Crippen molar-refractivity contribution >= 4 is 5.97 Å². The number of rotatable bonds is 16. The highest BCUT2D eigenvalue weighted by Crippen LogP contribution is 2.40. The molecule has 0 saturated carbocycles. The van der Waals surface area contributed by atoms with Gasteiger partial charge in [-0.25, -0.2) is 0 Å². The van der Waals surface area contributed by atoms with Crippen molar-refractivity contribution in [2.75, 3.05) is 6.61 Å². The number of hydroxylamine groups is 2. The molecule has 0 spiro atoms. The highest BCUT2D eigenvalue weighted by Gasteiger charge is 2.50. The molecule has 0 radical (unpaired) electrons.